The maximum Gasteiger partial charge on any atom is 0.573 e. The van der Waals surface area contributed by atoms with Crippen LogP contribution >= 0.6 is 11.6 Å². The van der Waals surface area contributed by atoms with Crippen LogP contribution in [0.2, 0.25) is 5.02 Å². The van der Waals surface area contributed by atoms with E-state index in [9.17, 15) is 22.0 Å². The Morgan fingerprint density at radius 2 is 1.56 bits per heavy atom. The molecular weight excluding hydrogens is 391 g/mol. The van der Waals surface area contributed by atoms with E-state index in [1.54, 1.807) is 0 Å². The average molecular weight is 407 g/mol. The van der Waals surface area contributed by atoms with E-state index in [4.69, 9.17) is 11.6 Å². The lowest BCUT2D eigenvalue weighted by atomic mass is 9.95. The van der Waals surface area contributed by atoms with Crippen LogP contribution in [-0.2, 0) is 0 Å². The van der Waals surface area contributed by atoms with Crippen molar-refractivity contribution >= 4 is 11.6 Å². The number of hydrogen-bond donors (Lipinski definition) is 1. The fraction of sp³-hybridized carbons (Fsp3) is 0.333. The summed E-state index contributed by atoms with van der Waals surface area (Å²) in [5.74, 6) is -2.01. The fourth-order valence-electron chi connectivity index (χ4n) is 3.17. The van der Waals surface area contributed by atoms with Crippen LogP contribution < -0.4 is 10.1 Å². The lowest BCUT2D eigenvalue weighted by Crippen LogP contribution is -2.45. The Hall–Kier alpha value is -1.90. The molecule has 3 nitrogen and oxygen atoms in total. The number of halogens is 6. The summed E-state index contributed by atoms with van der Waals surface area (Å²) in [6.07, 6.45) is -4.81. The molecule has 1 aliphatic heterocycles. The second-order valence-corrected chi connectivity index (χ2v) is 6.52. The SMILES string of the molecule is Fc1cc(Cl)cc(F)c1[C@@H](c1ccc(OC(F)(F)F)cc1)N1CCNCC1. The molecule has 9 heteroatoms. The zero-order valence-electron chi connectivity index (χ0n) is 14.0. The van der Waals surface area contributed by atoms with Gasteiger partial charge >= 0.3 is 6.36 Å². The summed E-state index contributed by atoms with van der Waals surface area (Å²) in [6.45, 7) is 2.30. The van der Waals surface area contributed by atoms with E-state index in [1.807, 2.05) is 4.90 Å². The third-order valence-corrected chi connectivity index (χ3v) is 4.48. The summed E-state index contributed by atoms with van der Waals surface area (Å²) in [5, 5.41) is 3.08. The zero-order valence-corrected chi connectivity index (χ0v) is 14.7. The Morgan fingerprint density at radius 1 is 1.00 bits per heavy atom. The smallest absolute Gasteiger partial charge is 0.406 e. The van der Waals surface area contributed by atoms with Crippen molar-refractivity contribution in [1.29, 1.82) is 0 Å². The number of benzene rings is 2. The van der Waals surface area contributed by atoms with Gasteiger partial charge in [0.05, 0.1) is 6.04 Å². The van der Waals surface area contributed by atoms with Gasteiger partial charge in [-0.1, -0.05) is 23.7 Å². The van der Waals surface area contributed by atoms with Crippen molar-refractivity contribution in [1.82, 2.24) is 10.2 Å². The Balaban J connectivity index is 2.00. The monoisotopic (exact) mass is 406 g/mol. The molecule has 0 radical (unpaired) electrons. The van der Waals surface area contributed by atoms with Gasteiger partial charge in [0.1, 0.15) is 17.4 Å². The van der Waals surface area contributed by atoms with Crippen molar-refractivity contribution in [3.8, 4) is 5.75 Å². The molecule has 0 saturated carbocycles. The summed E-state index contributed by atoms with van der Waals surface area (Å²) < 4.78 is 70.0. The Bertz CT molecular complexity index is 768. The molecule has 0 aromatic heterocycles. The van der Waals surface area contributed by atoms with E-state index in [0.717, 1.165) is 24.3 Å². The molecule has 1 heterocycles. The van der Waals surface area contributed by atoms with Gasteiger partial charge in [-0.3, -0.25) is 4.90 Å². The van der Waals surface area contributed by atoms with Gasteiger partial charge in [0.2, 0.25) is 0 Å². The first-order chi connectivity index (χ1) is 12.7. The molecule has 146 valence electrons. The standard InChI is InChI=1S/C18H16ClF5N2O/c19-12-9-14(20)16(15(21)10-12)17(26-7-5-25-6-8-26)11-1-3-13(4-2-11)27-18(22,23)24/h1-4,9-10,17,25H,5-8H2/t17-/m1/s1. The minimum Gasteiger partial charge on any atom is -0.406 e. The molecule has 1 saturated heterocycles. The maximum atomic E-state index is 14.6. The van der Waals surface area contributed by atoms with Gasteiger partial charge in [-0.15, -0.1) is 13.2 Å². The van der Waals surface area contributed by atoms with Crippen LogP contribution in [0.5, 0.6) is 5.75 Å². The van der Waals surface area contributed by atoms with E-state index in [2.05, 4.69) is 10.1 Å². The van der Waals surface area contributed by atoms with Crippen molar-refractivity contribution in [2.45, 2.75) is 12.4 Å². The normalized spacial score (nSPS) is 17.0. The molecule has 1 aliphatic rings. The van der Waals surface area contributed by atoms with Crippen LogP contribution in [0.4, 0.5) is 22.0 Å². The summed E-state index contributed by atoms with van der Waals surface area (Å²) >= 11 is 5.71. The predicted molar refractivity (Wildman–Crippen MR) is 90.8 cm³/mol. The Labute approximate surface area is 157 Å². The summed E-state index contributed by atoms with van der Waals surface area (Å²) in [5.41, 5.74) is 0.261. The van der Waals surface area contributed by atoms with Crippen molar-refractivity contribution in [3.63, 3.8) is 0 Å². The maximum absolute atomic E-state index is 14.6. The predicted octanol–water partition coefficient (Wildman–Crippen LogP) is 4.51. The zero-order chi connectivity index (χ0) is 19.6. The molecule has 0 aliphatic carbocycles. The second-order valence-electron chi connectivity index (χ2n) is 6.09. The summed E-state index contributed by atoms with van der Waals surface area (Å²) in [4.78, 5) is 1.87. The van der Waals surface area contributed by atoms with Crippen LogP contribution in [0.1, 0.15) is 17.2 Å². The van der Waals surface area contributed by atoms with Gasteiger partial charge in [-0.25, -0.2) is 8.78 Å². The summed E-state index contributed by atoms with van der Waals surface area (Å²) in [6, 6.07) is 6.26. The number of rotatable bonds is 4. The van der Waals surface area contributed by atoms with E-state index >= 15 is 0 Å². The number of alkyl halides is 3. The lowest BCUT2D eigenvalue weighted by Gasteiger charge is -2.36. The van der Waals surface area contributed by atoms with Gasteiger partial charge < -0.3 is 10.1 Å². The largest absolute Gasteiger partial charge is 0.573 e. The Kier molecular flexibility index (Phi) is 5.88. The molecule has 2 aromatic carbocycles. The highest BCUT2D eigenvalue weighted by Gasteiger charge is 2.32. The highest BCUT2D eigenvalue weighted by molar-refractivity contribution is 6.30. The molecule has 3 rings (SSSR count). The molecule has 2 aromatic rings. The molecule has 1 atom stereocenters. The van der Waals surface area contributed by atoms with E-state index in [-0.39, 0.29) is 10.6 Å². The van der Waals surface area contributed by atoms with Crippen LogP contribution in [0.3, 0.4) is 0 Å². The first-order valence-electron chi connectivity index (χ1n) is 8.19. The van der Waals surface area contributed by atoms with Crippen LogP contribution in [0.15, 0.2) is 36.4 Å². The molecular formula is C18H16ClF5N2O. The molecule has 1 fully saturated rings. The highest BCUT2D eigenvalue weighted by atomic mass is 35.5. The highest BCUT2D eigenvalue weighted by Crippen LogP contribution is 2.35. The number of ether oxygens (including phenoxy) is 1. The average Bonchev–Trinajstić information content (AvgIpc) is 2.58. The number of nitrogens with zero attached hydrogens (tertiary/aromatic N) is 1. The van der Waals surface area contributed by atoms with Gasteiger partial charge in [-0.05, 0) is 29.8 Å². The van der Waals surface area contributed by atoms with Gasteiger partial charge in [0.25, 0.3) is 0 Å². The molecule has 27 heavy (non-hydrogen) atoms. The Morgan fingerprint density at radius 3 is 2.07 bits per heavy atom. The van der Waals surface area contributed by atoms with Crippen molar-refractivity contribution < 1.29 is 26.7 Å². The van der Waals surface area contributed by atoms with Crippen LogP contribution in [0, 0.1) is 11.6 Å². The minimum atomic E-state index is -4.81. The molecule has 0 amide bonds. The van der Waals surface area contributed by atoms with Crippen molar-refractivity contribution in [2.24, 2.45) is 0 Å². The molecule has 0 spiro atoms. The van der Waals surface area contributed by atoms with Gasteiger partial charge in [0, 0.05) is 36.8 Å². The summed E-state index contributed by atoms with van der Waals surface area (Å²) in [7, 11) is 0. The van der Waals surface area contributed by atoms with E-state index in [1.165, 1.54) is 12.1 Å². The van der Waals surface area contributed by atoms with Gasteiger partial charge in [-0.2, -0.15) is 0 Å². The number of hydrogen-bond acceptors (Lipinski definition) is 3. The van der Waals surface area contributed by atoms with E-state index in [0.29, 0.717) is 31.7 Å². The van der Waals surface area contributed by atoms with E-state index < -0.39 is 29.8 Å². The van der Waals surface area contributed by atoms with Crippen molar-refractivity contribution in [3.05, 3.63) is 64.2 Å². The van der Waals surface area contributed by atoms with Crippen LogP contribution in [-0.4, -0.2) is 37.4 Å². The quantitative estimate of drug-likeness (QED) is 0.756. The molecule has 0 unspecified atom stereocenters. The first kappa shape index (κ1) is 19.9. The fourth-order valence-corrected chi connectivity index (χ4v) is 3.36. The number of nitrogens with one attached hydrogen (secondary N) is 1. The second kappa shape index (κ2) is 8.00. The van der Waals surface area contributed by atoms with Gasteiger partial charge in [0.15, 0.2) is 0 Å². The minimum absolute atomic E-state index is 0.0678. The van der Waals surface area contributed by atoms with Crippen molar-refractivity contribution in [2.75, 3.05) is 26.2 Å². The third-order valence-electron chi connectivity index (χ3n) is 4.26. The number of piperazine rings is 1. The van der Waals surface area contributed by atoms with Crippen LogP contribution in [0.25, 0.3) is 0 Å². The topological polar surface area (TPSA) is 24.5 Å². The molecule has 1 N–H and O–H groups in total. The first-order valence-corrected chi connectivity index (χ1v) is 8.57. The third kappa shape index (κ3) is 4.88. The molecule has 0 bridgehead atoms. The lowest BCUT2D eigenvalue weighted by molar-refractivity contribution is -0.274.